The first-order valence-electron chi connectivity index (χ1n) is 5.95. The Kier molecular flexibility index (Phi) is 4.92. The van der Waals surface area contributed by atoms with Gasteiger partial charge in [0.05, 0.1) is 22.8 Å². The number of halogens is 1. The van der Waals surface area contributed by atoms with E-state index in [1.807, 2.05) is 6.92 Å². The lowest BCUT2D eigenvalue weighted by molar-refractivity contribution is 0.0698. The van der Waals surface area contributed by atoms with Gasteiger partial charge in [-0.25, -0.2) is 14.6 Å². The highest BCUT2D eigenvalue weighted by molar-refractivity contribution is 9.10. The summed E-state index contributed by atoms with van der Waals surface area (Å²) in [6, 6.07) is 4.20. The minimum absolute atomic E-state index is 0.0214. The van der Waals surface area contributed by atoms with Crippen molar-refractivity contribution >= 4 is 45.0 Å². The zero-order chi connectivity index (χ0) is 15.4. The fourth-order valence-electron chi connectivity index (χ4n) is 1.64. The quantitative estimate of drug-likeness (QED) is 0.771. The minimum Gasteiger partial charge on any atom is -0.478 e. The molecular formula is C13H12BrN3O3S. The number of nitrogens with one attached hydrogen (secondary N) is 2. The summed E-state index contributed by atoms with van der Waals surface area (Å²) in [7, 11) is 0. The van der Waals surface area contributed by atoms with Gasteiger partial charge in [0.1, 0.15) is 0 Å². The number of rotatable bonds is 4. The number of nitrogens with zero attached hydrogens (tertiary/aromatic N) is 1. The average molecular weight is 370 g/mol. The molecule has 0 unspecified atom stereocenters. The second-order valence-corrected chi connectivity index (χ2v) is 6.29. The predicted molar refractivity (Wildman–Crippen MR) is 83.8 cm³/mol. The Balaban J connectivity index is 2.04. The SMILES string of the molecule is Cc1ncc(CNC(=O)Nc2c(Br)cccc2C(=O)O)s1. The third kappa shape index (κ3) is 4.02. The molecule has 1 aromatic heterocycles. The molecule has 0 fully saturated rings. The van der Waals surface area contributed by atoms with Crippen molar-refractivity contribution in [2.75, 3.05) is 5.32 Å². The molecule has 2 rings (SSSR count). The molecule has 2 aromatic rings. The van der Waals surface area contributed by atoms with Crippen LogP contribution in [0.3, 0.4) is 0 Å². The molecule has 1 heterocycles. The summed E-state index contributed by atoms with van der Waals surface area (Å²) < 4.78 is 0.506. The zero-order valence-corrected chi connectivity index (χ0v) is 13.4. The van der Waals surface area contributed by atoms with Gasteiger partial charge in [-0.15, -0.1) is 11.3 Å². The van der Waals surface area contributed by atoms with Crippen LogP contribution in [0, 0.1) is 6.92 Å². The maximum Gasteiger partial charge on any atom is 0.337 e. The Morgan fingerprint density at radius 2 is 2.19 bits per heavy atom. The van der Waals surface area contributed by atoms with E-state index in [-0.39, 0.29) is 11.3 Å². The van der Waals surface area contributed by atoms with Crippen LogP contribution in [0.5, 0.6) is 0 Å². The summed E-state index contributed by atoms with van der Waals surface area (Å²) in [5, 5.41) is 15.2. The molecule has 2 amide bonds. The van der Waals surface area contributed by atoms with Crippen molar-refractivity contribution in [3.8, 4) is 0 Å². The number of aryl methyl sites for hydroxylation is 1. The maximum atomic E-state index is 11.9. The van der Waals surface area contributed by atoms with Crippen LogP contribution < -0.4 is 10.6 Å². The molecule has 110 valence electrons. The molecule has 0 saturated heterocycles. The van der Waals surface area contributed by atoms with Gasteiger partial charge in [-0.05, 0) is 35.0 Å². The van der Waals surface area contributed by atoms with Crippen LogP contribution in [0.2, 0.25) is 0 Å². The van der Waals surface area contributed by atoms with Crippen LogP contribution in [-0.2, 0) is 6.54 Å². The lowest BCUT2D eigenvalue weighted by atomic mass is 10.2. The van der Waals surface area contributed by atoms with Gasteiger partial charge in [0.25, 0.3) is 0 Å². The fourth-order valence-corrected chi connectivity index (χ4v) is 2.84. The molecule has 1 aromatic carbocycles. The minimum atomic E-state index is -1.11. The number of carbonyl (C=O) groups is 2. The number of thiazole rings is 1. The smallest absolute Gasteiger partial charge is 0.337 e. The summed E-state index contributed by atoms with van der Waals surface area (Å²) in [5.74, 6) is -1.11. The Bertz CT molecular complexity index is 687. The molecule has 0 aliphatic rings. The highest BCUT2D eigenvalue weighted by Gasteiger charge is 2.15. The van der Waals surface area contributed by atoms with Crippen LogP contribution in [0.1, 0.15) is 20.2 Å². The Morgan fingerprint density at radius 1 is 1.43 bits per heavy atom. The standard InChI is InChI=1S/C13H12BrN3O3S/c1-7-15-5-8(21-7)6-16-13(20)17-11-9(12(18)19)3-2-4-10(11)14/h2-5H,6H2,1H3,(H,18,19)(H2,16,17,20). The lowest BCUT2D eigenvalue weighted by Gasteiger charge is -2.11. The fraction of sp³-hybridized carbons (Fsp3) is 0.154. The normalized spacial score (nSPS) is 10.2. The van der Waals surface area contributed by atoms with Crippen molar-refractivity contribution < 1.29 is 14.7 Å². The molecular weight excluding hydrogens is 358 g/mol. The predicted octanol–water partition coefficient (Wildman–Crippen LogP) is 3.23. The Hall–Kier alpha value is -1.93. The van der Waals surface area contributed by atoms with Crippen molar-refractivity contribution in [2.24, 2.45) is 0 Å². The largest absolute Gasteiger partial charge is 0.478 e. The van der Waals surface area contributed by atoms with Gasteiger partial charge in [0.2, 0.25) is 0 Å². The summed E-state index contributed by atoms with van der Waals surface area (Å²) >= 11 is 4.72. The maximum absolute atomic E-state index is 11.9. The molecule has 0 saturated carbocycles. The van der Waals surface area contributed by atoms with E-state index >= 15 is 0 Å². The second kappa shape index (κ2) is 6.68. The monoisotopic (exact) mass is 369 g/mol. The lowest BCUT2D eigenvalue weighted by Crippen LogP contribution is -2.28. The van der Waals surface area contributed by atoms with Crippen LogP contribution in [0.4, 0.5) is 10.5 Å². The van der Waals surface area contributed by atoms with Crippen molar-refractivity contribution in [1.82, 2.24) is 10.3 Å². The molecule has 6 nitrogen and oxygen atoms in total. The molecule has 0 atom stereocenters. The number of anilines is 1. The molecule has 0 aliphatic carbocycles. The summed E-state index contributed by atoms with van der Waals surface area (Å²) in [6.07, 6.45) is 1.70. The molecule has 0 spiro atoms. The van der Waals surface area contributed by atoms with Crippen molar-refractivity contribution in [3.05, 3.63) is 44.3 Å². The number of aromatic nitrogens is 1. The number of urea groups is 1. The molecule has 0 radical (unpaired) electrons. The van der Waals surface area contributed by atoms with E-state index in [0.717, 1.165) is 9.88 Å². The number of carbonyl (C=O) groups excluding carboxylic acids is 1. The second-order valence-electron chi connectivity index (χ2n) is 4.12. The first-order chi connectivity index (χ1) is 9.97. The molecule has 0 bridgehead atoms. The first kappa shape index (κ1) is 15.5. The van der Waals surface area contributed by atoms with Crippen molar-refractivity contribution in [1.29, 1.82) is 0 Å². The highest BCUT2D eigenvalue weighted by Crippen LogP contribution is 2.26. The van der Waals surface area contributed by atoms with Gasteiger partial charge >= 0.3 is 12.0 Å². The third-order valence-electron chi connectivity index (χ3n) is 2.57. The van der Waals surface area contributed by atoms with E-state index in [2.05, 4.69) is 31.5 Å². The van der Waals surface area contributed by atoms with Crippen molar-refractivity contribution in [3.63, 3.8) is 0 Å². The number of para-hydroxylation sites is 1. The van der Waals surface area contributed by atoms with Crippen LogP contribution in [-0.4, -0.2) is 22.1 Å². The number of carboxylic acids is 1. The highest BCUT2D eigenvalue weighted by atomic mass is 79.9. The Morgan fingerprint density at radius 3 is 2.81 bits per heavy atom. The van der Waals surface area contributed by atoms with Gasteiger partial charge in [-0.3, -0.25) is 0 Å². The van der Waals surface area contributed by atoms with E-state index in [1.165, 1.54) is 17.4 Å². The van der Waals surface area contributed by atoms with Gasteiger partial charge in [-0.2, -0.15) is 0 Å². The molecule has 8 heteroatoms. The van der Waals surface area contributed by atoms with Crippen LogP contribution >= 0.6 is 27.3 Å². The number of hydrogen-bond acceptors (Lipinski definition) is 4. The van der Waals surface area contributed by atoms with Gasteiger partial charge in [0, 0.05) is 15.5 Å². The van der Waals surface area contributed by atoms with Crippen molar-refractivity contribution in [2.45, 2.75) is 13.5 Å². The van der Waals surface area contributed by atoms with Gasteiger partial charge in [-0.1, -0.05) is 6.07 Å². The first-order valence-corrected chi connectivity index (χ1v) is 7.56. The zero-order valence-electron chi connectivity index (χ0n) is 11.0. The van der Waals surface area contributed by atoms with Gasteiger partial charge in [0.15, 0.2) is 0 Å². The number of aromatic carboxylic acids is 1. The Labute approximate surface area is 133 Å². The number of hydrogen-bond donors (Lipinski definition) is 3. The van der Waals surface area contributed by atoms with Crippen LogP contribution in [0.15, 0.2) is 28.9 Å². The van der Waals surface area contributed by atoms with E-state index < -0.39 is 12.0 Å². The van der Waals surface area contributed by atoms with Gasteiger partial charge < -0.3 is 15.7 Å². The summed E-state index contributed by atoms with van der Waals surface area (Å²) in [4.78, 5) is 28.0. The summed E-state index contributed by atoms with van der Waals surface area (Å²) in [6.45, 7) is 2.22. The van der Waals surface area contributed by atoms with E-state index in [0.29, 0.717) is 11.0 Å². The van der Waals surface area contributed by atoms with Crippen LogP contribution in [0.25, 0.3) is 0 Å². The number of benzene rings is 1. The van der Waals surface area contributed by atoms with E-state index in [4.69, 9.17) is 5.11 Å². The molecule has 0 aliphatic heterocycles. The topological polar surface area (TPSA) is 91.3 Å². The number of carboxylic acid groups (broad SMARTS) is 1. The summed E-state index contributed by atoms with van der Waals surface area (Å²) in [5.41, 5.74) is 0.246. The number of amides is 2. The molecule has 3 N–H and O–H groups in total. The van der Waals surface area contributed by atoms with E-state index in [9.17, 15) is 9.59 Å². The third-order valence-corrected chi connectivity index (χ3v) is 4.15. The average Bonchev–Trinajstić information content (AvgIpc) is 2.84. The molecule has 21 heavy (non-hydrogen) atoms. The van der Waals surface area contributed by atoms with E-state index in [1.54, 1.807) is 18.3 Å².